The van der Waals surface area contributed by atoms with Crippen molar-refractivity contribution in [2.45, 2.75) is 38.6 Å². The third-order valence-corrected chi connectivity index (χ3v) is 6.78. The molecule has 0 unspecified atom stereocenters. The van der Waals surface area contributed by atoms with Crippen molar-refractivity contribution in [2.75, 3.05) is 26.2 Å². The SMILES string of the molecule is CCc1ccc(S(=O)(=O)N2CCN(Cc3c(C)noc3C)CC2)cc1. The van der Waals surface area contributed by atoms with E-state index >= 15 is 0 Å². The fourth-order valence-corrected chi connectivity index (χ4v) is 4.55. The average molecular weight is 363 g/mol. The summed E-state index contributed by atoms with van der Waals surface area (Å²) >= 11 is 0. The van der Waals surface area contributed by atoms with Gasteiger partial charge in [0.25, 0.3) is 0 Å². The van der Waals surface area contributed by atoms with E-state index in [4.69, 9.17) is 4.52 Å². The summed E-state index contributed by atoms with van der Waals surface area (Å²) in [4.78, 5) is 2.63. The predicted molar refractivity (Wildman–Crippen MR) is 95.8 cm³/mol. The highest BCUT2D eigenvalue weighted by molar-refractivity contribution is 7.89. The number of hydrogen-bond donors (Lipinski definition) is 0. The van der Waals surface area contributed by atoms with Gasteiger partial charge in [-0.1, -0.05) is 24.2 Å². The van der Waals surface area contributed by atoms with Crippen LogP contribution in [0.25, 0.3) is 0 Å². The lowest BCUT2D eigenvalue weighted by molar-refractivity contribution is 0.180. The fraction of sp³-hybridized carbons (Fsp3) is 0.500. The highest BCUT2D eigenvalue weighted by Crippen LogP contribution is 2.20. The van der Waals surface area contributed by atoms with Crippen LogP contribution in [0.1, 0.15) is 29.5 Å². The molecule has 0 saturated carbocycles. The second-order valence-electron chi connectivity index (χ2n) is 6.48. The van der Waals surface area contributed by atoms with Gasteiger partial charge in [0, 0.05) is 38.3 Å². The van der Waals surface area contributed by atoms with Gasteiger partial charge in [0.05, 0.1) is 10.6 Å². The minimum atomic E-state index is -3.41. The van der Waals surface area contributed by atoms with E-state index in [-0.39, 0.29) is 0 Å². The second kappa shape index (κ2) is 7.27. The van der Waals surface area contributed by atoms with E-state index in [1.165, 1.54) is 0 Å². The summed E-state index contributed by atoms with van der Waals surface area (Å²) in [6.45, 7) is 9.07. The zero-order chi connectivity index (χ0) is 18.0. The largest absolute Gasteiger partial charge is 0.361 e. The number of nitrogens with zero attached hydrogens (tertiary/aromatic N) is 3. The first-order valence-corrected chi connectivity index (χ1v) is 10.1. The van der Waals surface area contributed by atoms with Crippen molar-refractivity contribution in [1.29, 1.82) is 0 Å². The quantitative estimate of drug-likeness (QED) is 0.816. The van der Waals surface area contributed by atoms with Crippen molar-refractivity contribution in [3.63, 3.8) is 0 Å². The number of rotatable bonds is 5. The Balaban J connectivity index is 1.64. The average Bonchev–Trinajstić information content (AvgIpc) is 2.94. The molecule has 0 atom stereocenters. The van der Waals surface area contributed by atoms with Crippen LogP contribution in [0, 0.1) is 13.8 Å². The molecule has 1 aromatic heterocycles. The molecule has 3 rings (SSSR count). The Hall–Kier alpha value is -1.70. The summed E-state index contributed by atoms with van der Waals surface area (Å²) < 4.78 is 32.4. The highest BCUT2D eigenvalue weighted by atomic mass is 32.2. The van der Waals surface area contributed by atoms with Crippen LogP contribution < -0.4 is 0 Å². The molecule has 0 radical (unpaired) electrons. The van der Waals surface area contributed by atoms with Crippen molar-refractivity contribution < 1.29 is 12.9 Å². The Bertz CT molecular complexity index is 800. The molecular formula is C18H25N3O3S. The minimum absolute atomic E-state index is 0.379. The molecule has 0 spiro atoms. The van der Waals surface area contributed by atoms with E-state index in [1.807, 2.05) is 26.0 Å². The van der Waals surface area contributed by atoms with Gasteiger partial charge >= 0.3 is 0 Å². The number of aryl methyl sites for hydroxylation is 3. The van der Waals surface area contributed by atoms with Gasteiger partial charge < -0.3 is 4.52 Å². The summed E-state index contributed by atoms with van der Waals surface area (Å²) in [6, 6.07) is 7.20. The van der Waals surface area contributed by atoms with Crippen molar-refractivity contribution in [3.05, 3.63) is 46.8 Å². The molecule has 25 heavy (non-hydrogen) atoms. The summed E-state index contributed by atoms with van der Waals surface area (Å²) in [5.74, 6) is 0.837. The Morgan fingerprint density at radius 3 is 2.24 bits per heavy atom. The van der Waals surface area contributed by atoms with Crippen LogP contribution in [0.4, 0.5) is 0 Å². The second-order valence-corrected chi connectivity index (χ2v) is 8.42. The van der Waals surface area contributed by atoms with Crippen LogP contribution >= 0.6 is 0 Å². The normalized spacial score (nSPS) is 17.1. The summed E-state index contributed by atoms with van der Waals surface area (Å²) in [7, 11) is -3.41. The van der Waals surface area contributed by atoms with Crippen LogP contribution in [-0.4, -0.2) is 49.0 Å². The maximum Gasteiger partial charge on any atom is 0.243 e. The molecule has 1 aliphatic heterocycles. The Morgan fingerprint density at radius 2 is 1.72 bits per heavy atom. The van der Waals surface area contributed by atoms with Gasteiger partial charge in [0.2, 0.25) is 10.0 Å². The molecule has 1 aliphatic rings. The summed E-state index contributed by atoms with van der Waals surface area (Å²) in [5, 5.41) is 3.98. The number of hydrogen-bond acceptors (Lipinski definition) is 5. The lowest BCUT2D eigenvalue weighted by Crippen LogP contribution is -2.48. The lowest BCUT2D eigenvalue weighted by Gasteiger charge is -2.33. The molecule has 0 N–H and O–H groups in total. The standard InChI is InChI=1S/C18H25N3O3S/c1-4-16-5-7-17(8-6-16)25(22,23)21-11-9-20(10-12-21)13-18-14(2)19-24-15(18)3/h5-8H,4,9-13H2,1-3H3. The predicted octanol–water partition coefficient (Wildman–Crippen LogP) is 2.36. The molecule has 6 nitrogen and oxygen atoms in total. The van der Waals surface area contributed by atoms with Crippen LogP contribution in [-0.2, 0) is 23.0 Å². The third kappa shape index (κ3) is 3.78. The van der Waals surface area contributed by atoms with E-state index in [0.717, 1.165) is 35.5 Å². The number of sulfonamides is 1. The molecule has 136 valence electrons. The molecule has 0 bridgehead atoms. The zero-order valence-corrected chi connectivity index (χ0v) is 15.8. The number of benzene rings is 1. The fourth-order valence-electron chi connectivity index (χ4n) is 3.13. The Morgan fingerprint density at radius 1 is 1.08 bits per heavy atom. The zero-order valence-electron chi connectivity index (χ0n) is 15.0. The van der Waals surface area contributed by atoms with E-state index in [9.17, 15) is 8.42 Å². The molecule has 2 heterocycles. The maximum absolute atomic E-state index is 12.8. The number of aromatic nitrogens is 1. The van der Waals surface area contributed by atoms with E-state index in [0.29, 0.717) is 31.1 Å². The first-order chi connectivity index (χ1) is 11.9. The van der Waals surface area contributed by atoms with Crippen molar-refractivity contribution in [1.82, 2.24) is 14.4 Å². The molecule has 1 saturated heterocycles. The number of piperazine rings is 1. The lowest BCUT2D eigenvalue weighted by atomic mass is 10.2. The van der Waals surface area contributed by atoms with Crippen LogP contribution in [0.5, 0.6) is 0 Å². The maximum atomic E-state index is 12.8. The van der Waals surface area contributed by atoms with Gasteiger partial charge in [0.1, 0.15) is 5.76 Å². The van der Waals surface area contributed by atoms with Crippen molar-refractivity contribution in [3.8, 4) is 0 Å². The smallest absolute Gasteiger partial charge is 0.243 e. The van der Waals surface area contributed by atoms with E-state index in [1.54, 1.807) is 16.4 Å². The first kappa shape index (κ1) is 18.1. The first-order valence-electron chi connectivity index (χ1n) is 8.65. The van der Waals surface area contributed by atoms with Gasteiger partial charge in [-0.2, -0.15) is 4.31 Å². The van der Waals surface area contributed by atoms with Crippen LogP contribution in [0.3, 0.4) is 0 Å². The van der Waals surface area contributed by atoms with Gasteiger partial charge in [-0.15, -0.1) is 0 Å². The summed E-state index contributed by atoms with van der Waals surface area (Å²) in [5.41, 5.74) is 3.15. The van der Waals surface area contributed by atoms with Crippen LogP contribution in [0.2, 0.25) is 0 Å². The van der Waals surface area contributed by atoms with Gasteiger partial charge in [-0.25, -0.2) is 8.42 Å². The molecule has 1 aromatic carbocycles. The van der Waals surface area contributed by atoms with Crippen molar-refractivity contribution in [2.24, 2.45) is 0 Å². The molecular weight excluding hydrogens is 338 g/mol. The van der Waals surface area contributed by atoms with E-state index in [2.05, 4.69) is 17.0 Å². The highest BCUT2D eigenvalue weighted by Gasteiger charge is 2.29. The van der Waals surface area contributed by atoms with Crippen molar-refractivity contribution >= 4 is 10.0 Å². The monoisotopic (exact) mass is 363 g/mol. The van der Waals surface area contributed by atoms with Gasteiger partial charge in [-0.05, 0) is 38.0 Å². The topological polar surface area (TPSA) is 66.7 Å². The Kier molecular flexibility index (Phi) is 5.27. The van der Waals surface area contributed by atoms with Gasteiger partial charge in [0.15, 0.2) is 0 Å². The van der Waals surface area contributed by atoms with E-state index < -0.39 is 10.0 Å². The molecule has 2 aromatic rings. The molecule has 7 heteroatoms. The Labute approximate surface area is 149 Å². The van der Waals surface area contributed by atoms with Crippen LogP contribution in [0.15, 0.2) is 33.7 Å². The minimum Gasteiger partial charge on any atom is -0.361 e. The molecule has 0 amide bonds. The van der Waals surface area contributed by atoms with Gasteiger partial charge in [-0.3, -0.25) is 4.90 Å². The third-order valence-electron chi connectivity index (χ3n) is 4.86. The molecule has 0 aliphatic carbocycles. The summed E-state index contributed by atoms with van der Waals surface area (Å²) in [6.07, 6.45) is 0.903. The molecule has 1 fully saturated rings.